The Hall–Kier alpha value is -2.01. The third-order valence-corrected chi connectivity index (χ3v) is 4.48. The first-order valence-corrected chi connectivity index (χ1v) is 8.11. The molecule has 0 atom stereocenters. The average Bonchev–Trinajstić information content (AvgIpc) is 3.19. The highest BCUT2D eigenvalue weighted by Crippen LogP contribution is 2.21. The summed E-state index contributed by atoms with van der Waals surface area (Å²) in [4.78, 5) is 15.3. The number of amides is 2. The highest BCUT2D eigenvalue weighted by Gasteiger charge is 2.12. The fraction of sp³-hybridized carbons (Fsp3) is 0.312. The maximum absolute atomic E-state index is 11.8. The monoisotopic (exact) mass is 301 g/mol. The van der Waals surface area contributed by atoms with Crippen molar-refractivity contribution in [1.82, 2.24) is 5.32 Å². The molecule has 3 rings (SSSR count). The van der Waals surface area contributed by atoms with Gasteiger partial charge < -0.3 is 15.5 Å². The van der Waals surface area contributed by atoms with Gasteiger partial charge in [-0.25, -0.2) is 4.79 Å². The first-order chi connectivity index (χ1) is 10.3. The van der Waals surface area contributed by atoms with Gasteiger partial charge in [0, 0.05) is 29.3 Å². The molecule has 0 bridgehead atoms. The number of benzene rings is 1. The lowest BCUT2D eigenvalue weighted by Crippen LogP contribution is -2.27. The molecule has 2 N–H and O–H groups in total. The Bertz CT molecular complexity index is 574. The molecule has 0 saturated carbocycles. The van der Waals surface area contributed by atoms with Gasteiger partial charge in [0.15, 0.2) is 0 Å². The van der Waals surface area contributed by atoms with Gasteiger partial charge in [-0.2, -0.15) is 0 Å². The number of carbonyl (C=O) groups excluding carboxylic acids is 1. The van der Waals surface area contributed by atoms with Gasteiger partial charge in [-0.1, -0.05) is 6.07 Å². The molecule has 2 aromatic rings. The van der Waals surface area contributed by atoms with Crippen LogP contribution in [0.2, 0.25) is 0 Å². The summed E-state index contributed by atoms with van der Waals surface area (Å²) in [6.45, 7) is 2.83. The number of rotatable bonds is 4. The van der Waals surface area contributed by atoms with Crippen LogP contribution in [-0.2, 0) is 6.54 Å². The molecule has 1 aromatic heterocycles. The number of hydrogen-bond donors (Lipinski definition) is 2. The van der Waals surface area contributed by atoms with Crippen LogP contribution in [0.15, 0.2) is 41.8 Å². The molecule has 0 aliphatic carbocycles. The second kappa shape index (κ2) is 6.63. The number of hydrogen-bond acceptors (Lipinski definition) is 3. The third kappa shape index (κ3) is 3.76. The maximum atomic E-state index is 11.8. The Kier molecular flexibility index (Phi) is 4.40. The Morgan fingerprint density at radius 2 is 1.90 bits per heavy atom. The summed E-state index contributed by atoms with van der Waals surface area (Å²) in [6.07, 6.45) is 2.54. The topological polar surface area (TPSA) is 44.4 Å². The molecule has 1 aliphatic heterocycles. The van der Waals surface area contributed by atoms with Gasteiger partial charge in [-0.3, -0.25) is 0 Å². The van der Waals surface area contributed by atoms with Crippen molar-refractivity contribution in [3.63, 3.8) is 0 Å². The number of carbonyl (C=O) groups is 1. The molecule has 0 radical (unpaired) electrons. The van der Waals surface area contributed by atoms with Crippen molar-refractivity contribution >= 4 is 28.7 Å². The van der Waals surface area contributed by atoms with Crippen molar-refractivity contribution in [3.8, 4) is 0 Å². The highest BCUT2D eigenvalue weighted by molar-refractivity contribution is 7.09. The lowest BCUT2D eigenvalue weighted by atomic mass is 10.2. The summed E-state index contributed by atoms with van der Waals surface area (Å²) < 4.78 is 0. The van der Waals surface area contributed by atoms with E-state index >= 15 is 0 Å². The molecule has 21 heavy (non-hydrogen) atoms. The summed E-state index contributed by atoms with van der Waals surface area (Å²) in [5.41, 5.74) is 2.05. The summed E-state index contributed by atoms with van der Waals surface area (Å²) in [7, 11) is 0. The predicted octanol–water partition coefficient (Wildman–Crippen LogP) is 3.67. The van der Waals surface area contributed by atoms with Gasteiger partial charge in [0.05, 0.1) is 6.54 Å². The van der Waals surface area contributed by atoms with Crippen LogP contribution in [0.25, 0.3) is 0 Å². The molecule has 0 unspecified atom stereocenters. The van der Waals surface area contributed by atoms with Crippen molar-refractivity contribution in [2.75, 3.05) is 23.3 Å². The molecule has 1 fully saturated rings. The van der Waals surface area contributed by atoms with Crippen LogP contribution in [-0.4, -0.2) is 19.1 Å². The van der Waals surface area contributed by atoms with Crippen LogP contribution in [0.4, 0.5) is 16.2 Å². The smallest absolute Gasteiger partial charge is 0.319 e. The Morgan fingerprint density at radius 1 is 1.14 bits per heavy atom. The van der Waals surface area contributed by atoms with E-state index in [1.807, 2.05) is 29.6 Å². The minimum atomic E-state index is -0.169. The number of nitrogens with one attached hydrogen (secondary N) is 2. The fourth-order valence-electron chi connectivity index (χ4n) is 2.49. The number of urea groups is 1. The molecule has 1 aliphatic rings. The molecule has 2 heterocycles. The van der Waals surface area contributed by atoms with Crippen LogP contribution in [0.1, 0.15) is 17.7 Å². The van der Waals surface area contributed by atoms with E-state index in [0.29, 0.717) is 6.54 Å². The van der Waals surface area contributed by atoms with Crippen LogP contribution >= 0.6 is 11.3 Å². The standard InChI is InChI=1S/C16H19N3OS/c20-16(17-12-15-4-3-11-21-15)18-13-5-7-14(8-6-13)19-9-1-2-10-19/h3-8,11H,1-2,9-10,12H2,(H2,17,18,20). The highest BCUT2D eigenvalue weighted by atomic mass is 32.1. The third-order valence-electron chi connectivity index (χ3n) is 3.60. The van der Waals surface area contributed by atoms with Gasteiger partial charge in [0.1, 0.15) is 0 Å². The maximum Gasteiger partial charge on any atom is 0.319 e. The Labute approximate surface area is 128 Å². The zero-order valence-corrected chi connectivity index (χ0v) is 12.7. The van der Waals surface area contributed by atoms with E-state index < -0.39 is 0 Å². The van der Waals surface area contributed by atoms with Crippen LogP contribution < -0.4 is 15.5 Å². The van der Waals surface area contributed by atoms with Crippen molar-refractivity contribution in [2.45, 2.75) is 19.4 Å². The zero-order chi connectivity index (χ0) is 14.5. The summed E-state index contributed by atoms with van der Waals surface area (Å²) in [5.74, 6) is 0. The van der Waals surface area contributed by atoms with E-state index in [0.717, 1.165) is 23.7 Å². The van der Waals surface area contributed by atoms with Crippen molar-refractivity contribution in [1.29, 1.82) is 0 Å². The van der Waals surface area contributed by atoms with Crippen molar-refractivity contribution in [2.24, 2.45) is 0 Å². The second-order valence-corrected chi connectivity index (χ2v) is 6.16. The summed E-state index contributed by atoms with van der Waals surface area (Å²) >= 11 is 1.64. The van der Waals surface area contributed by atoms with Crippen LogP contribution in [0, 0.1) is 0 Å². The zero-order valence-electron chi connectivity index (χ0n) is 11.8. The normalized spacial score (nSPS) is 14.2. The number of nitrogens with zero attached hydrogens (tertiary/aromatic N) is 1. The summed E-state index contributed by atoms with van der Waals surface area (Å²) in [5, 5.41) is 7.72. The molecular formula is C16H19N3OS. The Balaban J connectivity index is 1.51. The van der Waals surface area contributed by atoms with Gasteiger partial charge in [0.2, 0.25) is 0 Å². The van der Waals surface area contributed by atoms with Gasteiger partial charge in [-0.05, 0) is 48.6 Å². The molecule has 1 aromatic carbocycles. The number of anilines is 2. The Morgan fingerprint density at radius 3 is 2.57 bits per heavy atom. The molecule has 110 valence electrons. The lowest BCUT2D eigenvalue weighted by molar-refractivity contribution is 0.252. The first-order valence-electron chi connectivity index (χ1n) is 7.23. The SMILES string of the molecule is O=C(NCc1cccs1)Nc1ccc(N2CCCC2)cc1. The average molecular weight is 301 g/mol. The molecule has 2 amide bonds. The van der Waals surface area contributed by atoms with E-state index in [1.54, 1.807) is 11.3 Å². The fourth-order valence-corrected chi connectivity index (χ4v) is 3.13. The second-order valence-electron chi connectivity index (χ2n) is 5.13. The van der Waals surface area contributed by atoms with E-state index in [4.69, 9.17) is 0 Å². The minimum absolute atomic E-state index is 0.169. The van der Waals surface area contributed by atoms with E-state index in [-0.39, 0.29) is 6.03 Å². The molecule has 5 heteroatoms. The predicted molar refractivity (Wildman–Crippen MR) is 88.1 cm³/mol. The molecule has 1 saturated heterocycles. The summed E-state index contributed by atoms with van der Waals surface area (Å²) in [6, 6.07) is 11.9. The van der Waals surface area contributed by atoms with Crippen molar-refractivity contribution < 1.29 is 4.79 Å². The van der Waals surface area contributed by atoms with Gasteiger partial charge >= 0.3 is 6.03 Å². The quantitative estimate of drug-likeness (QED) is 0.905. The van der Waals surface area contributed by atoms with E-state index in [2.05, 4.69) is 27.7 Å². The van der Waals surface area contributed by atoms with E-state index in [9.17, 15) is 4.79 Å². The molecular weight excluding hydrogens is 282 g/mol. The van der Waals surface area contributed by atoms with Crippen LogP contribution in [0.5, 0.6) is 0 Å². The minimum Gasteiger partial charge on any atom is -0.372 e. The van der Waals surface area contributed by atoms with Crippen molar-refractivity contribution in [3.05, 3.63) is 46.7 Å². The first kappa shape index (κ1) is 13.9. The molecule has 4 nitrogen and oxygen atoms in total. The largest absolute Gasteiger partial charge is 0.372 e. The van der Waals surface area contributed by atoms with Gasteiger partial charge in [-0.15, -0.1) is 11.3 Å². The van der Waals surface area contributed by atoms with E-state index in [1.165, 1.54) is 18.5 Å². The molecule has 0 spiro atoms. The van der Waals surface area contributed by atoms with Crippen LogP contribution in [0.3, 0.4) is 0 Å². The number of thiophene rings is 1. The van der Waals surface area contributed by atoms with Gasteiger partial charge in [0.25, 0.3) is 0 Å². The lowest BCUT2D eigenvalue weighted by Gasteiger charge is -2.17.